The lowest BCUT2D eigenvalue weighted by molar-refractivity contribution is 0.0612. The second-order valence-electron chi connectivity index (χ2n) is 8.67. The first kappa shape index (κ1) is 23.0. The van der Waals surface area contributed by atoms with Crippen molar-refractivity contribution < 1.29 is 13.9 Å². The zero-order valence-electron chi connectivity index (χ0n) is 19.8. The van der Waals surface area contributed by atoms with Gasteiger partial charge in [0.25, 0.3) is 5.91 Å². The molecule has 35 heavy (non-hydrogen) atoms. The Balaban J connectivity index is 1.23. The number of ether oxygens (including phenoxy) is 1. The number of halogens is 1. The molecule has 9 nitrogen and oxygen atoms in total. The Kier molecular flexibility index (Phi) is 6.45. The predicted molar refractivity (Wildman–Crippen MR) is 130 cm³/mol. The number of H-pyrrole nitrogens is 1. The number of rotatable bonds is 7. The zero-order chi connectivity index (χ0) is 24.4. The Bertz CT molecular complexity index is 1330. The molecule has 1 saturated heterocycles. The molecular formula is C25H28FN7O2. The Morgan fingerprint density at radius 3 is 2.80 bits per heavy atom. The summed E-state index contributed by atoms with van der Waals surface area (Å²) in [6.07, 6.45) is 8.24. The highest BCUT2D eigenvalue weighted by atomic mass is 19.1. The van der Waals surface area contributed by atoms with Gasteiger partial charge in [-0.1, -0.05) is 6.92 Å². The second-order valence-corrected chi connectivity index (χ2v) is 8.67. The van der Waals surface area contributed by atoms with Crippen LogP contribution in [0.4, 0.5) is 4.39 Å². The van der Waals surface area contributed by atoms with Gasteiger partial charge in [0.1, 0.15) is 23.5 Å². The molecular weight excluding hydrogens is 449 g/mol. The number of methoxy groups -OCH3 is 1. The highest BCUT2D eigenvalue weighted by molar-refractivity contribution is 5.97. The highest BCUT2D eigenvalue weighted by Gasteiger charge is 2.26. The van der Waals surface area contributed by atoms with Crippen molar-refractivity contribution >= 4 is 16.9 Å². The number of amides is 1. The van der Waals surface area contributed by atoms with Gasteiger partial charge in [0, 0.05) is 62.1 Å². The quantitative estimate of drug-likeness (QED) is 0.439. The van der Waals surface area contributed by atoms with Crippen molar-refractivity contribution in [2.75, 3.05) is 39.8 Å². The fraction of sp³-hybridized carbons (Fsp3) is 0.360. The molecule has 0 bridgehead atoms. The van der Waals surface area contributed by atoms with Crippen molar-refractivity contribution in [3.63, 3.8) is 0 Å². The molecule has 4 aromatic rings. The molecule has 4 heterocycles. The van der Waals surface area contributed by atoms with Gasteiger partial charge in [-0.25, -0.2) is 14.4 Å². The first-order valence-corrected chi connectivity index (χ1v) is 11.7. The first-order chi connectivity index (χ1) is 17.1. The first-order valence-electron chi connectivity index (χ1n) is 11.7. The smallest absolute Gasteiger partial charge is 0.257 e. The van der Waals surface area contributed by atoms with Crippen LogP contribution in [0.1, 0.15) is 29.7 Å². The van der Waals surface area contributed by atoms with E-state index in [1.807, 2.05) is 29.3 Å². The fourth-order valence-electron chi connectivity index (χ4n) is 4.61. The molecule has 1 N–H and O–H groups in total. The molecule has 1 unspecified atom stereocenters. The van der Waals surface area contributed by atoms with Crippen molar-refractivity contribution in [2.24, 2.45) is 0 Å². The van der Waals surface area contributed by atoms with Crippen LogP contribution in [0.15, 0.2) is 49.2 Å². The van der Waals surface area contributed by atoms with E-state index in [-0.39, 0.29) is 17.7 Å². The molecule has 5 rings (SSSR count). The van der Waals surface area contributed by atoms with E-state index < -0.39 is 5.82 Å². The van der Waals surface area contributed by atoms with Crippen LogP contribution in [0.2, 0.25) is 0 Å². The SMILES string of the molecule is CCC(CN1CCN(C(=O)c2ccc(F)cc2OC)CC1)n1cc(-c2ncnc3[nH]ccc23)cn1. The van der Waals surface area contributed by atoms with Crippen LogP contribution < -0.4 is 4.74 Å². The number of carbonyl (C=O) groups is 1. The summed E-state index contributed by atoms with van der Waals surface area (Å²) in [5.74, 6) is -0.294. The fourth-order valence-corrected chi connectivity index (χ4v) is 4.61. The van der Waals surface area contributed by atoms with E-state index in [4.69, 9.17) is 4.74 Å². The molecule has 0 spiro atoms. The van der Waals surface area contributed by atoms with E-state index in [0.29, 0.717) is 18.7 Å². The van der Waals surface area contributed by atoms with Gasteiger partial charge in [0.15, 0.2) is 0 Å². The maximum absolute atomic E-state index is 13.5. The minimum absolute atomic E-state index is 0.133. The van der Waals surface area contributed by atoms with Crippen LogP contribution in [0.5, 0.6) is 5.75 Å². The molecule has 1 fully saturated rings. The van der Waals surface area contributed by atoms with Gasteiger partial charge in [-0.2, -0.15) is 5.10 Å². The van der Waals surface area contributed by atoms with Gasteiger partial charge < -0.3 is 14.6 Å². The van der Waals surface area contributed by atoms with Crippen LogP contribution in [0.25, 0.3) is 22.3 Å². The molecule has 10 heteroatoms. The number of nitrogens with one attached hydrogen (secondary N) is 1. The summed E-state index contributed by atoms with van der Waals surface area (Å²) in [4.78, 5) is 29.0. The number of hydrogen-bond acceptors (Lipinski definition) is 6. The zero-order valence-corrected chi connectivity index (χ0v) is 19.8. The molecule has 0 aliphatic carbocycles. The number of piperazine rings is 1. The van der Waals surface area contributed by atoms with Gasteiger partial charge in [0.2, 0.25) is 0 Å². The summed E-state index contributed by atoms with van der Waals surface area (Å²) in [7, 11) is 1.45. The Labute approximate surface area is 202 Å². The lowest BCUT2D eigenvalue weighted by Gasteiger charge is -2.36. The number of benzene rings is 1. The third-order valence-electron chi connectivity index (χ3n) is 6.60. The minimum atomic E-state index is -0.423. The highest BCUT2D eigenvalue weighted by Crippen LogP contribution is 2.26. The van der Waals surface area contributed by atoms with Gasteiger partial charge in [-0.05, 0) is 24.6 Å². The van der Waals surface area contributed by atoms with Gasteiger partial charge in [-0.15, -0.1) is 0 Å². The monoisotopic (exact) mass is 477 g/mol. The Hall–Kier alpha value is -3.79. The van der Waals surface area contributed by atoms with E-state index in [9.17, 15) is 9.18 Å². The molecule has 1 atom stereocenters. The van der Waals surface area contributed by atoms with Crippen molar-refractivity contribution in [3.8, 4) is 17.0 Å². The number of aromatic nitrogens is 5. The summed E-state index contributed by atoms with van der Waals surface area (Å²) in [5.41, 5.74) is 3.01. The van der Waals surface area contributed by atoms with Crippen LogP contribution >= 0.6 is 0 Å². The number of fused-ring (bicyclic) bond motifs is 1. The maximum Gasteiger partial charge on any atom is 0.257 e. The molecule has 1 aliphatic heterocycles. The number of nitrogens with zero attached hydrogens (tertiary/aromatic N) is 6. The van der Waals surface area contributed by atoms with Crippen molar-refractivity contribution in [1.82, 2.24) is 34.5 Å². The van der Waals surface area contributed by atoms with E-state index in [1.54, 1.807) is 11.2 Å². The molecule has 1 aliphatic rings. The molecule has 0 radical (unpaired) electrons. The normalized spacial score (nSPS) is 15.5. The van der Waals surface area contributed by atoms with Crippen LogP contribution in [-0.2, 0) is 0 Å². The standard InChI is InChI=1S/C25H28FN7O2/c1-3-19(33-14-17(13-30-33)23-21-6-7-27-24(21)29-16-28-23)15-31-8-10-32(11-9-31)25(34)20-5-4-18(26)12-22(20)35-2/h4-7,12-14,16,19H,3,8-11,15H2,1-2H3,(H,27,28,29). The Morgan fingerprint density at radius 2 is 2.03 bits per heavy atom. The van der Waals surface area contributed by atoms with E-state index in [0.717, 1.165) is 48.3 Å². The van der Waals surface area contributed by atoms with Crippen molar-refractivity contribution in [1.29, 1.82) is 0 Å². The molecule has 1 amide bonds. The van der Waals surface area contributed by atoms with E-state index in [1.165, 1.54) is 25.3 Å². The van der Waals surface area contributed by atoms with E-state index in [2.05, 4.69) is 31.9 Å². The van der Waals surface area contributed by atoms with Crippen molar-refractivity contribution in [3.05, 3.63) is 60.6 Å². The lowest BCUT2D eigenvalue weighted by Crippen LogP contribution is -2.50. The van der Waals surface area contributed by atoms with Crippen LogP contribution in [-0.4, -0.2) is 80.3 Å². The molecule has 0 saturated carbocycles. The van der Waals surface area contributed by atoms with Gasteiger partial charge in [-0.3, -0.25) is 14.4 Å². The summed E-state index contributed by atoms with van der Waals surface area (Å²) in [6.45, 7) is 5.72. The molecule has 3 aromatic heterocycles. The summed E-state index contributed by atoms with van der Waals surface area (Å²) < 4.78 is 20.7. The summed E-state index contributed by atoms with van der Waals surface area (Å²) in [5, 5.41) is 5.61. The van der Waals surface area contributed by atoms with Crippen molar-refractivity contribution in [2.45, 2.75) is 19.4 Å². The molecule has 182 valence electrons. The number of hydrogen-bond donors (Lipinski definition) is 1. The average Bonchev–Trinajstić information content (AvgIpc) is 3.57. The van der Waals surface area contributed by atoms with Crippen LogP contribution in [0, 0.1) is 5.82 Å². The third kappa shape index (κ3) is 4.61. The molecule has 1 aromatic carbocycles. The number of carbonyl (C=O) groups excluding carboxylic acids is 1. The lowest BCUT2D eigenvalue weighted by atomic mass is 10.1. The largest absolute Gasteiger partial charge is 0.496 e. The Morgan fingerprint density at radius 1 is 1.20 bits per heavy atom. The second kappa shape index (κ2) is 9.83. The van der Waals surface area contributed by atoms with E-state index >= 15 is 0 Å². The third-order valence-corrected chi connectivity index (χ3v) is 6.60. The maximum atomic E-state index is 13.5. The van der Waals surface area contributed by atoms with Gasteiger partial charge >= 0.3 is 0 Å². The average molecular weight is 478 g/mol. The number of aromatic amines is 1. The van der Waals surface area contributed by atoms with Crippen LogP contribution in [0.3, 0.4) is 0 Å². The minimum Gasteiger partial charge on any atom is -0.496 e. The predicted octanol–water partition coefficient (Wildman–Crippen LogP) is 3.38. The summed E-state index contributed by atoms with van der Waals surface area (Å²) >= 11 is 0. The topological polar surface area (TPSA) is 92.2 Å². The summed E-state index contributed by atoms with van der Waals surface area (Å²) in [6, 6.07) is 6.20. The van der Waals surface area contributed by atoms with Gasteiger partial charge in [0.05, 0.1) is 30.6 Å².